The third-order valence-corrected chi connectivity index (χ3v) is 5.30. The SMILES string of the molecule is CCCN1CCC(N(C)Cc2nnnn2-c2c(C)cccc2C)CC1. The molecule has 3 rings (SSSR count). The molecule has 0 atom stereocenters. The first kappa shape index (κ1) is 18.0. The van der Waals surface area contributed by atoms with E-state index in [2.05, 4.69) is 71.3 Å². The van der Waals surface area contributed by atoms with Gasteiger partial charge < -0.3 is 4.90 Å². The summed E-state index contributed by atoms with van der Waals surface area (Å²) in [6, 6.07) is 6.91. The van der Waals surface area contributed by atoms with Gasteiger partial charge in [0.2, 0.25) is 0 Å². The zero-order chi connectivity index (χ0) is 17.8. The molecule has 0 N–H and O–H groups in total. The molecule has 0 bridgehead atoms. The lowest BCUT2D eigenvalue weighted by Crippen LogP contribution is -2.43. The van der Waals surface area contributed by atoms with Gasteiger partial charge in [0, 0.05) is 6.04 Å². The van der Waals surface area contributed by atoms with Crippen LogP contribution in [0.3, 0.4) is 0 Å². The number of benzene rings is 1. The molecule has 1 fully saturated rings. The summed E-state index contributed by atoms with van der Waals surface area (Å²) in [5.74, 6) is 0.913. The van der Waals surface area contributed by atoms with Crippen LogP contribution in [0.5, 0.6) is 0 Å². The molecule has 0 aliphatic carbocycles. The lowest BCUT2D eigenvalue weighted by atomic mass is 10.0. The van der Waals surface area contributed by atoms with E-state index in [0.717, 1.165) is 18.1 Å². The first-order valence-electron chi connectivity index (χ1n) is 9.36. The fraction of sp³-hybridized carbons (Fsp3) is 0.632. The fourth-order valence-corrected chi connectivity index (χ4v) is 3.87. The van der Waals surface area contributed by atoms with Crippen LogP contribution in [0.1, 0.15) is 43.1 Å². The number of piperidine rings is 1. The third-order valence-electron chi connectivity index (χ3n) is 5.30. The second kappa shape index (κ2) is 8.06. The summed E-state index contributed by atoms with van der Waals surface area (Å²) >= 11 is 0. The number of tetrazole rings is 1. The highest BCUT2D eigenvalue weighted by molar-refractivity contribution is 5.46. The number of aryl methyl sites for hydroxylation is 2. The molecule has 0 radical (unpaired) electrons. The second-order valence-corrected chi connectivity index (χ2v) is 7.24. The molecule has 2 heterocycles. The van der Waals surface area contributed by atoms with E-state index >= 15 is 0 Å². The Morgan fingerprint density at radius 1 is 1.16 bits per heavy atom. The highest BCUT2D eigenvalue weighted by Crippen LogP contribution is 2.21. The highest BCUT2D eigenvalue weighted by Gasteiger charge is 2.24. The summed E-state index contributed by atoms with van der Waals surface area (Å²) in [5.41, 5.74) is 3.50. The lowest BCUT2D eigenvalue weighted by molar-refractivity contribution is 0.121. The van der Waals surface area contributed by atoms with Gasteiger partial charge in [0.1, 0.15) is 0 Å². The zero-order valence-electron chi connectivity index (χ0n) is 15.9. The number of likely N-dealkylation sites (tertiary alicyclic amines) is 1. The summed E-state index contributed by atoms with van der Waals surface area (Å²) in [7, 11) is 2.20. The van der Waals surface area contributed by atoms with E-state index in [0.29, 0.717) is 6.04 Å². The number of nitrogens with zero attached hydrogens (tertiary/aromatic N) is 6. The number of aromatic nitrogens is 4. The van der Waals surface area contributed by atoms with Crippen LogP contribution in [0.15, 0.2) is 18.2 Å². The molecule has 6 heteroatoms. The van der Waals surface area contributed by atoms with Crippen LogP contribution >= 0.6 is 0 Å². The maximum atomic E-state index is 4.30. The van der Waals surface area contributed by atoms with Crippen molar-refractivity contribution in [1.82, 2.24) is 30.0 Å². The van der Waals surface area contributed by atoms with Crippen molar-refractivity contribution in [3.63, 3.8) is 0 Å². The second-order valence-electron chi connectivity index (χ2n) is 7.24. The van der Waals surface area contributed by atoms with Crippen LogP contribution in [-0.2, 0) is 6.54 Å². The van der Waals surface area contributed by atoms with Gasteiger partial charge in [0.15, 0.2) is 5.82 Å². The van der Waals surface area contributed by atoms with Crippen LogP contribution in [-0.4, -0.2) is 62.7 Å². The van der Waals surface area contributed by atoms with E-state index in [1.54, 1.807) is 0 Å². The lowest BCUT2D eigenvalue weighted by Gasteiger charge is -2.36. The van der Waals surface area contributed by atoms with Crippen molar-refractivity contribution in [1.29, 1.82) is 0 Å². The Morgan fingerprint density at radius 3 is 2.48 bits per heavy atom. The largest absolute Gasteiger partial charge is 0.303 e. The predicted molar refractivity (Wildman–Crippen MR) is 99.8 cm³/mol. The maximum Gasteiger partial charge on any atom is 0.170 e. The molecule has 1 saturated heterocycles. The van der Waals surface area contributed by atoms with Gasteiger partial charge in [-0.1, -0.05) is 25.1 Å². The highest BCUT2D eigenvalue weighted by atomic mass is 15.5. The average molecular weight is 342 g/mol. The molecule has 6 nitrogen and oxygen atoms in total. The third kappa shape index (κ3) is 4.07. The molecule has 1 aromatic heterocycles. The van der Waals surface area contributed by atoms with E-state index in [9.17, 15) is 0 Å². The Hall–Kier alpha value is -1.79. The van der Waals surface area contributed by atoms with Gasteiger partial charge in [0.05, 0.1) is 12.2 Å². The van der Waals surface area contributed by atoms with Crippen molar-refractivity contribution < 1.29 is 0 Å². The minimum atomic E-state index is 0.608. The van der Waals surface area contributed by atoms with E-state index in [4.69, 9.17) is 0 Å². The van der Waals surface area contributed by atoms with Gasteiger partial charge in [-0.3, -0.25) is 4.90 Å². The molecular weight excluding hydrogens is 312 g/mol. The molecule has 136 valence electrons. The van der Waals surface area contributed by atoms with Crippen molar-refractivity contribution in [2.45, 2.75) is 52.6 Å². The van der Waals surface area contributed by atoms with Crippen LogP contribution in [0.4, 0.5) is 0 Å². The average Bonchev–Trinajstić information content (AvgIpc) is 3.03. The number of para-hydroxylation sites is 1. The standard InChI is InChI=1S/C19H30N6/c1-5-11-24-12-9-17(10-13-24)23(4)14-18-20-21-22-25(18)19-15(2)7-6-8-16(19)3/h6-8,17H,5,9-14H2,1-4H3. The number of hydrogen-bond donors (Lipinski definition) is 0. The van der Waals surface area contributed by atoms with Crippen LogP contribution in [0.25, 0.3) is 5.69 Å². The van der Waals surface area contributed by atoms with Gasteiger partial charge in [-0.05, 0) is 81.3 Å². The van der Waals surface area contributed by atoms with Crippen molar-refractivity contribution in [3.8, 4) is 5.69 Å². The Bertz CT molecular complexity index is 667. The molecule has 0 amide bonds. The molecular formula is C19H30N6. The summed E-state index contributed by atoms with van der Waals surface area (Å²) < 4.78 is 1.91. The van der Waals surface area contributed by atoms with Crippen molar-refractivity contribution >= 4 is 0 Å². The summed E-state index contributed by atoms with van der Waals surface area (Å²) in [6.07, 6.45) is 3.69. The Labute approximate surface area is 150 Å². The molecule has 2 aromatic rings. The van der Waals surface area contributed by atoms with Gasteiger partial charge >= 0.3 is 0 Å². The zero-order valence-corrected chi connectivity index (χ0v) is 15.9. The fourth-order valence-electron chi connectivity index (χ4n) is 3.87. The van der Waals surface area contributed by atoms with Crippen LogP contribution < -0.4 is 0 Å². The molecule has 1 aliphatic rings. The quantitative estimate of drug-likeness (QED) is 0.807. The van der Waals surface area contributed by atoms with E-state index in [1.807, 2.05) is 4.68 Å². The maximum absolute atomic E-state index is 4.30. The van der Waals surface area contributed by atoms with E-state index in [1.165, 1.54) is 50.0 Å². The minimum absolute atomic E-state index is 0.608. The molecule has 1 aliphatic heterocycles. The first-order valence-corrected chi connectivity index (χ1v) is 9.36. The topological polar surface area (TPSA) is 50.1 Å². The summed E-state index contributed by atoms with van der Waals surface area (Å²) in [6.45, 7) is 10.9. The summed E-state index contributed by atoms with van der Waals surface area (Å²) in [5, 5.41) is 12.5. The Morgan fingerprint density at radius 2 is 1.84 bits per heavy atom. The number of hydrogen-bond acceptors (Lipinski definition) is 5. The van der Waals surface area contributed by atoms with Crippen LogP contribution in [0.2, 0.25) is 0 Å². The van der Waals surface area contributed by atoms with Gasteiger partial charge in [-0.2, -0.15) is 4.68 Å². The monoisotopic (exact) mass is 342 g/mol. The van der Waals surface area contributed by atoms with E-state index in [-0.39, 0.29) is 0 Å². The van der Waals surface area contributed by atoms with Gasteiger partial charge in [-0.15, -0.1) is 5.10 Å². The Balaban J connectivity index is 1.70. The van der Waals surface area contributed by atoms with E-state index < -0.39 is 0 Å². The normalized spacial score (nSPS) is 16.7. The van der Waals surface area contributed by atoms with Crippen LogP contribution in [0, 0.1) is 13.8 Å². The number of rotatable bonds is 6. The summed E-state index contributed by atoms with van der Waals surface area (Å²) in [4.78, 5) is 4.99. The minimum Gasteiger partial charge on any atom is -0.303 e. The van der Waals surface area contributed by atoms with Gasteiger partial charge in [-0.25, -0.2) is 0 Å². The molecule has 25 heavy (non-hydrogen) atoms. The molecule has 1 aromatic carbocycles. The van der Waals surface area contributed by atoms with Gasteiger partial charge in [0.25, 0.3) is 0 Å². The molecule has 0 saturated carbocycles. The smallest absolute Gasteiger partial charge is 0.170 e. The van der Waals surface area contributed by atoms with Crippen molar-refractivity contribution in [3.05, 3.63) is 35.2 Å². The van der Waals surface area contributed by atoms with Crippen molar-refractivity contribution in [2.75, 3.05) is 26.7 Å². The molecule has 0 spiro atoms. The predicted octanol–water partition coefficient (Wildman–Crippen LogP) is 2.59. The Kier molecular flexibility index (Phi) is 5.81. The molecule has 0 unspecified atom stereocenters. The van der Waals surface area contributed by atoms with Crippen molar-refractivity contribution in [2.24, 2.45) is 0 Å². The first-order chi connectivity index (χ1) is 12.1.